The van der Waals surface area contributed by atoms with Crippen molar-refractivity contribution in [3.05, 3.63) is 163 Å². The van der Waals surface area contributed by atoms with Crippen molar-refractivity contribution >= 4 is 65.2 Å². The fourth-order valence-electron chi connectivity index (χ4n) is 8.66. The molecule has 0 fully saturated rings. The summed E-state index contributed by atoms with van der Waals surface area (Å²) >= 11 is 0. The summed E-state index contributed by atoms with van der Waals surface area (Å²) in [6.07, 6.45) is 0. The average Bonchev–Trinajstić information content (AvgIpc) is 3.60. The second kappa shape index (κ2) is 9.87. The van der Waals surface area contributed by atoms with Gasteiger partial charge < -0.3 is 0 Å². The van der Waals surface area contributed by atoms with Gasteiger partial charge >= 0.3 is 0 Å². The third kappa shape index (κ3) is 3.69. The Bertz CT molecular complexity index is 3070. The molecule has 0 radical (unpaired) electrons. The summed E-state index contributed by atoms with van der Waals surface area (Å²) in [6, 6.07) is 55.0. The van der Waals surface area contributed by atoms with E-state index in [1.165, 1.54) is 60.1 Å². The van der Waals surface area contributed by atoms with Crippen LogP contribution in [0.3, 0.4) is 0 Å². The molecule has 0 N–H and O–H groups in total. The van der Waals surface area contributed by atoms with Crippen molar-refractivity contribution in [2.24, 2.45) is 0 Å². The third-order valence-electron chi connectivity index (χ3n) is 11.1. The maximum Gasteiger partial charge on any atom is 0.165 e. The zero-order valence-electron chi connectivity index (χ0n) is 27.8. The number of aromatic nitrogens is 3. The molecule has 234 valence electrons. The Morgan fingerprint density at radius 3 is 2.02 bits per heavy atom. The van der Waals surface area contributed by atoms with Crippen LogP contribution in [0.25, 0.3) is 93.4 Å². The molecule has 0 amide bonds. The first-order valence-electron chi connectivity index (χ1n) is 17.3. The maximum atomic E-state index is 5.62. The summed E-state index contributed by atoms with van der Waals surface area (Å²) in [7, 11) is 0. The Labute approximate surface area is 289 Å². The molecule has 11 rings (SSSR count). The summed E-state index contributed by atoms with van der Waals surface area (Å²) in [5.74, 6) is 0.842. The highest BCUT2D eigenvalue weighted by Gasteiger charge is 2.38. The number of rotatable bonds is 2. The lowest BCUT2D eigenvalue weighted by Gasteiger charge is -2.21. The second-order valence-electron chi connectivity index (χ2n) is 14.2. The van der Waals surface area contributed by atoms with E-state index in [9.17, 15) is 0 Å². The van der Waals surface area contributed by atoms with Crippen LogP contribution in [0.2, 0.25) is 0 Å². The van der Waals surface area contributed by atoms with Crippen LogP contribution in [0.1, 0.15) is 25.0 Å². The molecule has 8 aromatic carbocycles. The molecule has 0 atom stereocenters. The lowest BCUT2D eigenvalue weighted by molar-refractivity contribution is 0.661. The van der Waals surface area contributed by atoms with E-state index in [1.54, 1.807) is 0 Å². The van der Waals surface area contributed by atoms with Crippen LogP contribution in [0.5, 0.6) is 0 Å². The van der Waals surface area contributed by atoms with Gasteiger partial charge in [0.05, 0.1) is 22.1 Å². The molecule has 0 unspecified atom stereocenters. The van der Waals surface area contributed by atoms with Crippen molar-refractivity contribution in [2.75, 3.05) is 0 Å². The second-order valence-corrected chi connectivity index (χ2v) is 14.2. The molecule has 1 aliphatic rings. The Morgan fingerprint density at radius 2 is 1.18 bits per heavy atom. The fraction of sp³-hybridized carbons (Fsp3) is 0.0638. The quantitative estimate of drug-likeness (QED) is 0.177. The molecule has 1 aliphatic carbocycles. The van der Waals surface area contributed by atoms with Gasteiger partial charge in [0.25, 0.3) is 0 Å². The van der Waals surface area contributed by atoms with E-state index >= 15 is 0 Å². The first kappa shape index (κ1) is 27.6. The van der Waals surface area contributed by atoms with E-state index in [1.807, 2.05) is 0 Å². The molecule has 0 saturated heterocycles. The van der Waals surface area contributed by atoms with E-state index in [4.69, 9.17) is 9.97 Å². The summed E-state index contributed by atoms with van der Waals surface area (Å²) in [5, 5.41) is 9.52. The van der Waals surface area contributed by atoms with Gasteiger partial charge in [-0.25, -0.2) is 9.97 Å². The molecule has 3 heteroatoms. The number of hydrogen-bond donors (Lipinski definition) is 0. The van der Waals surface area contributed by atoms with Gasteiger partial charge in [0.1, 0.15) is 5.69 Å². The Balaban J connectivity index is 1.36. The smallest absolute Gasteiger partial charge is 0.165 e. The minimum Gasteiger partial charge on any atom is -0.291 e. The van der Waals surface area contributed by atoms with Crippen molar-refractivity contribution in [1.82, 2.24) is 14.5 Å². The number of fused-ring (bicyclic) bond motifs is 12. The monoisotopic (exact) mass is 637 g/mol. The van der Waals surface area contributed by atoms with Gasteiger partial charge in [-0.1, -0.05) is 141 Å². The first-order valence-corrected chi connectivity index (χ1v) is 17.3. The van der Waals surface area contributed by atoms with Crippen LogP contribution in [-0.2, 0) is 5.41 Å². The lowest BCUT2D eigenvalue weighted by atomic mass is 9.82. The molecular weight excluding hydrogens is 607 g/mol. The summed E-state index contributed by atoms with van der Waals surface area (Å²) in [4.78, 5) is 11.2. The van der Waals surface area contributed by atoms with E-state index in [2.05, 4.69) is 170 Å². The predicted molar refractivity (Wildman–Crippen MR) is 209 cm³/mol. The van der Waals surface area contributed by atoms with Gasteiger partial charge in [0.2, 0.25) is 0 Å². The van der Waals surface area contributed by atoms with Crippen LogP contribution < -0.4 is 0 Å². The molecule has 0 spiro atoms. The summed E-state index contributed by atoms with van der Waals surface area (Å²) < 4.78 is 2.43. The van der Waals surface area contributed by atoms with Gasteiger partial charge in [0, 0.05) is 32.7 Å². The van der Waals surface area contributed by atoms with Crippen molar-refractivity contribution in [1.29, 1.82) is 0 Å². The number of nitrogens with zero attached hydrogens (tertiary/aromatic N) is 3. The van der Waals surface area contributed by atoms with Crippen LogP contribution in [0, 0.1) is 0 Å². The average molecular weight is 638 g/mol. The molecule has 3 nitrogen and oxygen atoms in total. The fourth-order valence-corrected chi connectivity index (χ4v) is 8.66. The normalized spacial score (nSPS) is 13.6. The molecular formula is C47H31N3. The number of benzene rings is 8. The minimum atomic E-state index is -0.138. The SMILES string of the molecule is CC1(C)c2ccccc2-c2c1ccc1c3cc4ccccc4cc3n(-c3nc4ccc5ccccc5c4nc3-c3ccc4ccccc4c3)c21. The molecule has 0 aliphatic heterocycles. The molecule has 10 aromatic rings. The van der Waals surface area contributed by atoms with Gasteiger partial charge in [-0.05, 0) is 67.9 Å². The van der Waals surface area contributed by atoms with Crippen LogP contribution >= 0.6 is 0 Å². The molecule has 0 saturated carbocycles. The van der Waals surface area contributed by atoms with Crippen molar-refractivity contribution in [3.63, 3.8) is 0 Å². The van der Waals surface area contributed by atoms with Crippen molar-refractivity contribution in [2.45, 2.75) is 19.3 Å². The molecule has 2 heterocycles. The van der Waals surface area contributed by atoms with Gasteiger partial charge in [-0.2, -0.15) is 0 Å². The van der Waals surface area contributed by atoms with E-state index < -0.39 is 0 Å². The van der Waals surface area contributed by atoms with Gasteiger partial charge in [0.15, 0.2) is 5.82 Å². The molecule has 0 bridgehead atoms. The highest BCUT2D eigenvalue weighted by Crippen LogP contribution is 2.53. The van der Waals surface area contributed by atoms with Gasteiger partial charge in [-0.15, -0.1) is 0 Å². The van der Waals surface area contributed by atoms with Crippen molar-refractivity contribution < 1.29 is 0 Å². The predicted octanol–water partition coefficient (Wildman–Crippen LogP) is 12.2. The standard InChI is InChI=1S/C47H31N3/c1-47(2)38-18-10-9-17-36(38)42-39(47)23-22-35-37-26-31-14-5-6-15-32(31)27-41(37)50(45(35)42)46-43(33-20-19-28-11-3-4-13-30(28)25-33)49-44-34-16-8-7-12-29(34)21-24-40(44)48-46/h3-27H,1-2H3. The molecule has 2 aromatic heterocycles. The Hall–Kier alpha value is -6.32. The van der Waals surface area contributed by atoms with Crippen molar-refractivity contribution in [3.8, 4) is 28.2 Å². The van der Waals surface area contributed by atoms with E-state index in [0.717, 1.165) is 44.4 Å². The topological polar surface area (TPSA) is 30.7 Å². The largest absolute Gasteiger partial charge is 0.291 e. The minimum absolute atomic E-state index is 0.138. The summed E-state index contributed by atoms with van der Waals surface area (Å²) in [5.41, 5.74) is 11.2. The van der Waals surface area contributed by atoms with Gasteiger partial charge in [-0.3, -0.25) is 4.57 Å². The maximum absolute atomic E-state index is 5.62. The zero-order valence-corrected chi connectivity index (χ0v) is 27.8. The molecule has 50 heavy (non-hydrogen) atoms. The van der Waals surface area contributed by atoms with E-state index in [-0.39, 0.29) is 5.41 Å². The zero-order chi connectivity index (χ0) is 33.1. The van der Waals surface area contributed by atoms with E-state index in [0.29, 0.717) is 0 Å². The summed E-state index contributed by atoms with van der Waals surface area (Å²) in [6.45, 7) is 4.71. The Kier molecular flexibility index (Phi) is 5.45. The first-order chi connectivity index (χ1) is 24.5. The lowest BCUT2D eigenvalue weighted by Crippen LogP contribution is -2.14. The van der Waals surface area contributed by atoms with Crippen LogP contribution in [0.15, 0.2) is 152 Å². The Morgan fingerprint density at radius 1 is 0.500 bits per heavy atom. The highest BCUT2D eigenvalue weighted by atomic mass is 15.1. The highest BCUT2D eigenvalue weighted by molar-refractivity contribution is 6.19. The van der Waals surface area contributed by atoms with Crippen LogP contribution in [0.4, 0.5) is 0 Å². The van der Waals surface area contributed by atoms with Crippen LogP contribution in [-0.4, -0.2) is 14.5 Å². The number of hydrogen-bond acceptors (Lipinski definition) is 2. The third-order valence-corrected chi connectivity index (χ3v) is 11.1.